The van der Waals surface area contributed by atoms with Crippen molar-refractivity contribution < 1.29 is 9.18 Å². The number of fused-ring (bicyclic) bond motifs is 2. The molecule has 1 atom stereocenters. The molecule has 1 unspecified atom stereocenters. The van der Waals surface area contributed by atoms with E-state index in [1.54, 1.807) is 19.1 Å². The van der Waals surface area contributed by atoms with E-state index in [0.717, 1.165) is 37.9 Å². The molecule has 1 aromatic carbocycles. The van der Waals surface area contributed by atoms with Crippen LogP contribution in [0.2, 0.25) is 0 Å². The van der Waals surface area contributed by atoms with Gasteiger partial charge in [-0.3, -0.25) is 4.79 Å². The Morgan fingerprint density at radius 2 is 2.11 bits per heavy atom. The zero-order chi connectivity index (χ0) is 19.2. The van der Waals surface area contributed by atoms with E-state index in [0.29, 0.717) is 23.6 Å². The first-order chi connectivity index (χ1) is 12.9. The van der Waals surface area contributed by atoms with Crippen LogP contribution in [0.1, 0.15) is 46.4 Å². The average Bonchev–Trinajstić information content (AvgIpc) is 3.00. The van der Waals surface area contributed by atoms with Gasteiger partial charge in [0, 0.05) is 44.4 Å². The van der Waals surface area contributed by atoms with Crippen molar-refractivity contribution in [2.75, 3.05) is 32.1 Å². The number of aryl methyl sites for hydroxylation is 2. The number of amides is 1. The summed E-state index contributed by atoms with van der Waals surface area (Å²) in [6, 6.07) is 4.61. The molecule has 2 aromatic rings. The number of nitrogens with zero attached hydrogens (tertiary/aromatic N) is 4. The summed E-state index contributed by atoms with van der Waals surface area (Å²) in [5.74, 6) is 0.416. The number of carbonyl (C=O) groups excluding carboxylic acids is 1. The molecule has 4 rings (SSSR count). The molecule has 2 heterocycles. The van der Waals surface area contributed by atoms with E-state index in [-0.39, 0.29) is 17.1 Å². The summed E-state index contributed by atoms with van der Waals surface area (Å²) in [4.78, 5) is 26.2. The van der Waals surface area contributed by atoms with Crippen molar-refractivity contribution in [3.63, 3.8) is 0 Å². The Morgan fingerprint density at radius 3 is 2.85 bits per heavy atom. The zero-order valence-corrected chi connectivity index (χ0v) is 16.1. The third kappa shape index (κ3) is 3.07. The van der Waals surface area contributed by atoms with Crippen LogP contribution in [-0.4, -0.2) is 48.0 Å². The van der Waals surface area contributed by atoms with Gasteiger partial charge in [-0.05, 0) is 61.9 Å². The third-order valence-electron chi connectivity index (χ3n) is 5.90. The monoisotopic (exact) mass is 368 g/mol. The van der Waals surface area contributed by atoms with Gasteiger partial charge in [-0.15, -0.1) is 0 Å². The number of carbonyl (C=O) groups is 1. The van der Waals surface area contributed by atoms with Gasteiger partial charge in [-0.25, -0.2) is 14.4 Å². The molecular formula is C21H25FN4O. The topological polar surface area (TPSA) is 49.3 Å². The van der Waals surface area contributed by atoms with Crippen LogP contribution in [0.25, 0.3) is 0 Å². The molecule has 1 spiro atoms. The lowest BCUT2D eigenvalue weighted by Gasteiger charge is -2.40. The van der Waals surface area contributed by atoms with Gasteiger partial charge < -0.3 is 9.80 Å². The zero-order valence-electron chi connectivity index (χ0n) is 16.1. The van der Waals surface area contributed by atoms with E-state index in [9.17, 15) is 9.18 Å². The minimum Gasteiger partial charge on any atom is -0.347 e. The Balaban J connectivity index is 1.63. The number of anilines is 1. The number of aromatic nitrogens is 2. The van der Waals surface area contributed by atoms with Crippen LogP contribution in [0.3, 0.4) is 0 Å². The Bertz CT molecular complexity index is 894. The molecule has 27 heavy (non-hydrogen) atoms. The number of benzene rings is 1. The first kappa shape index (κ1) is 17.9. The summed E-state index contributed by atoms with van der Waals surface area (Å²) >= 11 is 0. The van der Waals surface area contributed by atoms with Crippen molar-refractivity contribution in [1.29, 1.82) is 0 Å². The van der Waals surface area contributed by atoms with E-state index in [1.807, 2.05) is 30.1 Å². The number of hydrogen-bond donors (Lipinski definition) is 0. The minimum absolute atomic E-state index is 0.0208. The highest BCUT2D eigenvalue weighted by Crippen LogP contribution is 2.44. The fourth-order valence-electron chi connectivity index (χ4n) is 4.41. The molecule has 142 valence electrons. The molecule has 6 heteroatoms. The van der Waals surface area contributed by atoms with Gasteiger partial charge in [0.2, 0.25) is 5.95 Å². The van der Waals surface area contributed by atoms with Gasteiger partial charge in [-0.1, -0.05) is 0 Å². The first-order valence-electron chi connectivity index (χ1n) is 9.49. The number of likely N-dealkylation sites (tertiary alicyclic amines) is 1. The second kappa shape index (κ2) is 6.59. The van der Waals surface area contributed by atoms with Crippen molar-refractivity contribution in [3.8, 4) is 0 Å². The van der Waals surface area contributed by atoms with E-state index >= 15 is 0 Å². The summed E-state index contributed by atoms with van der Waals surface area (Å²) in [7, 11) is 3.88. The molecule has 0 radical (unpaired) electrons. The fourth-order valence-corrected chi connectivity index (χ4v) is 4.41. The van der Waals surface area contributed by atoms with E-state index in [2.05, 4.69) is 4.98 Å². The lowest BCUT2D eigenvalue weighted by Crippen LogP contribution is -2.48. The SMILES string of the molecule is Cc1cc(C(=O)N2CCCC3(CCc4cnc(N(C)C)nc43)C2)ccc1F. The highest BCUT2D eigenvalue weighted by Gasteiger charge is 2.45. The average molecular weight is 368 g/mol. The van der Waals surface area contributed by atoms with Gasteiger partial charge in [0.1, 0.15) is 5.82 Å². The quantitative estimate of drug-likeness (QED) is 0.817. The summed E-state index contributed by atoms with van der Waals surface area (Å²) in [6.07, 6.45) is 5.89. The van der Waals surface area contributed by atoms with Gasteiger partial charge in [-0.2, -0.15) is 0 Å². The Hall–Kier alpha value is -2.50. The summed E-state index contributed by atoms with van der Waals surface area (Å²) in [5.41, 5.74) is 3.27. The number of piperidine rings is 1. The third-order valence-corrected chi connectivity index (χ3v) is 5.90. The first-order valence-corrected chi connectivity index (χ1v) is 9.49. The van der Waals surface area contributed by atoms with Gasteiger partial charge >= 0.3 is 0 Å². The van der Waals surface area contributed by atoms with Crippen LogP contribution in [0.15, 0.2) is 24.4 Å². The molecule has 1 aliphatic heterocycles. The second-order valence-corrected chi connectivity index (χ2v) is 8.01. The molecule has 1 aromatic heterocycles. The van der Waals surface area contributed by atoms with Crippen LogP contribution in [0, 0.1) is 12.7 Å². The molecule has 1 fully saturated rings. The Kier molecular flexibility index (Phi) is 4.36. The highest BCUT2D eigenvalue weighted by atomic mass is 19.1. The summed E-state index contributed by atoms with van der Waals surface area (Å²) < 4.78 is 13.6. The molecule has 1 aliphatic carbocycles. The molecule has 0 saturated carbocycles. The van der Waals surface area contributed by atoms with Crippen molar-refractivity contribution in [3.05, 3.63) is 52.6 Å². The predicted molar refractivity (Wildman–Crippen MR) is 103 cm³/mol. The molecule has 1 amide bonds. The van der Waals surface area contributed by atoms with Crippen LogP contribution >= 0.6 is 0 Å². The largest absolute Gasteiger partial charge is 0.347 e. The molecule has 0 bridgehead atoms. The Labute approximate surface area is 159 Å². The van der Waals surface area contributed by atoms with E-state index < -0.39 is 0 Å². The number of halogens is 1. The fraction of sp³-hybridized carbons (Fsp3) is 0.476. The molecule has 5 nitrogen and oxygen atoms in total. The van der Waals surface area contributed by atoms with Crippen LogP contribution < -0.4 is 4.90 Å². The maximum Gasteiger partial charge on any atom is 0.253 e. The normalized spacial score (nSPS) is 21.4. The van der Waals surface area contributed by atoms with Crippen LogP contribution in [-0.2, 0) is 11.8 Å². The van der Waals surface area contributed by atoms with Crippen molar-refractivity contribution in [1.82, 2.24) is 14.9 Å². The maximum atomic E-state index is 13.6. The lowest BCUT2D eigenvalue weighted by molar-refractivity contribution is 0.0633. The predicted octanol–water partition coefficient (Wildman–Crippen LogP) is 3.11. The van der Waals surface area contributed by atoms with Crippen molar-refractivity contribution in [2.45, 2.75) is 38.0 Å². The minimum atomic E-state index is -0.278. The smallest absolute Gasteiger partial charge is 0.253 e. The standard InChI is InChI=1S/C21H25FN4O/c1-14-11-15(5-6-17(14)22)19(27)26-10-4-8-21(13-26)9-7-16-12-23-20(25(2)3)24-18(16)21/h5-6,11-12H,4,7-10,13H2,1-3H3. The van der Waals surface area contributed by atoms with Crippen LogP contribution in [0.5, 0.6) is 0 Å². The van der Waals surface area contributed by atoms with Crippen LogP contribution in [0.4, 0.5) is 10.3 Å². The maximum absolute atomic E-state index is 13.6. The Morgan fingerprint density at radius 1 is 1.30 bits per heavy atom. The molecular weight excluding hydrogens is 343 g/mol. The lowest BCUT2D eigenvalue weighted by atomic mass is 9.77. The van der Waals surface area contributed by atoms with Crippen molar-refractivity contribution in [2.24, 2.45) is 0 Å². The summed E-state index contributed by atoms with van der Waals surface area (Å²) in [6.45, 7) is 3.09. The summed E-state index contributed by atoms with van der Waals surface area (Å²) in [5, 5.41) is 0. The molecule has 0 N–H and O–H groups in total. The second-order valence-electron chi connectivity index (χ2n) is 8.01. The molecule has 2 aliphatic rings. The van der Waals surface area contributed by atoms with Crippen molar-refractivity contribution >= 4 is 11.9 Å². The van der Waals surface area contributed by atoms with E-state index in [4.69, 9.17) is 4.98 Å². The number of rotatable bonds is 2. The van der Waals surface area contributed by atoms with Gasteiger partial charge in [0.05, 0.1) is 5.69 Å². The number of hydrogen-bond acceptors (Lipinski definition) is 4. The van der Waals surface area contributed by atoms with Gasteiger partial charge in [0.25, 0.3) is 5.91 Å². The molecule has 1 saturated heterocycles. The van der Waals surface area contributed by atoms with E-state index in [1.165, 1.54) is 11.6 Å². The highest BCUT2D eigenvalue weighted by molar-refractivity contribution is 5.94. The van der Waals surface area contributed by atoms with Gasteiger partial charge in [0.15, 0.2) is 0 Å².